The van der Waals surface area contributed by atoms with Crippen molar-refractivity contribution >= 4 is 29.3 Å². The van der Waals surface area contributed by atoms with E-state index in [4.69, 9.17) is 21.2 Å². The zero-order valence-corrected chi connectivity index (χ0v) is 17.8. The Kier molecular flexibility index (Phi) is 7.48. The summed E-state index contributed by atoms with van der Waals surface area (Å²) in [4.78, 5) is 33.4. The van der Waals surface area contributed by atoms with Crippen molar-refractivity contribution in [3.8, 4) is 0 Å². The van der Waals surface area contributed by atoms with Crippen LogP contribution in [0.3, 0.4) is 0 Å². The summed E-state index contributed by atoms with van der Waals surface area (Å²) in [6.07, 6.45) is 4.37. The van der Waals surface area contributed by atoms with Gasteiger partial charge >= 0.3 is 6.09 Å². The van der Waals surface area contributed by atoms with E-state index in [1.807, 2.05) is 20.8 Å². The van der Waals surface area contributed by atoms with E-state index in [0.717, 1.165) is 30.7 Å². The van der Waals surface area contributed by atoms with Gasteiger partial charge in [-0.3, -0.25) is 9.63 Å². The van der Waals surface area contributed by atoms with Crippen LogP contribution in [0, 0.1) is 0 Å². The molecule has 0 aromatic carbocycles. The molecule has 0 saturated heterocycles. The smallest absolute Gasteiger partial charge is 0.407 e. The number of amides is 2. The lowest BCUT2D eigenvalue weighted by Gasteiger charge is -2.31. The quantitative estimate of drug-likeness (QED) is 0.566. The number of hydrogen-bond donors (Lipinski definition) is 2. The van der Waals surface area contributed by atoms with Crippen molar-refractivity contribution in [3.63, 3.8) is 0 Å². The fraction of sp³-hybridized carbons (Fsp3) is 0.632. The number of carbonyl (C=O) groups excluding carboxylic acids is 2. The van der Waals surface area contributed by atoms with Crippen LogP contribution in [0.5, 0.6) is 0 Å². The fourth-order valence-electron chi connectivity index (χ4n) is 3.05. The Morgan fingerprint density at radius 3 is 2.39 bits per heavy atom. The van der Waals surface area contributed by atoms with E-state index < -0.39 is 5.60 Å². The topological polar surface area (TPSA) is 92.8 Å². The molecule has 1 aliphatic carbocycles. The highest BCUT2D eigenvalue weighted by atomic mass is 35.5. The summed E-state index contributed by atoms with van der Waals surface area (Å²) in [7, 11) is 2.96. The molecule has 0 spiro atoms. The summed E-state index contributed by atoms with van der Waals surface area (Å²) >= 11 is 6.02. The number of nitrogens with zero attached hydrogens (tertiary/aromatic N) is 2. The zero-order valence-electron chi connectivity index (χ0n) is 17.0. The SMILES string of the molecule is CON(C)C(=O)c1cnc(Cl)cc1N[C@H]1CC[C@H](NC(=O)OC(C)(C)C)CC1. The molecule has 1 fully saturated rings. The Morgan fingerprint density at radius 2 is 1.82 bits per heavy atom. The minimum atomic E-state index is -0.512. The number of hydroxylamine groups is 2. The standard InChI is InChI=1S/C19H29ClN4O4/c1-19(2,3)28-18(26)23-13-8-6-12(7-9-13)22-15-10-16(20)21-11-14(15)17(25)24(4)27-5/h10-13H,6-9H2,1-5H3,(H,21,22)(H,23,26)/t12-,13-. The summed E-state index contributed by atoms with van der Waals surface area (Å²) in [5, 5.41) is 7.76. The molecule has 8 nitrogen and oxygen atoms in total. The van der Waals surface area contributed by atoms with E-state index in [9.17, 15) is 9.59 Å². The molecule has 28 heavy (non-hydrogen) atoms. The third-order valence-electron chi connectivity index (χ3n) is 4.47. The normalized spacial score (nSPS) is 19.6. The maximum Gasteiger partial charge on any atom is 0.407 e. The second-order valence-corrected chi connectivity index (χ2v) is 8.26. The molecule has 156 valence electrons. The Morgan fingerprint density at radius 1 is 1.21 bits per heavy atom. The highest BCUT2D eigenvalue weighted by molar-refractivity contribution is 6.29. The maximum atomic E-state index is 12.5. The number of rotatable bonds is 5. The molecule has 0 radical (unpaired) electrons. The molecule has 2 amide bonds. The molecule has 0 aliphatic heterocycles. The lowest BCUT2D eigenvalue weighted by atomic mass is 9.91. The van der Waals surface area contributed by atoms with Crippen LogP contribution in [0.1, 0.15) is 56.8 Å². The van der Waals surface area contributed by atoms with E-state index in [2.05, 4.69) is 15.6 Å². The number of alkyl carbamates (subject to hydrolysis) is 1. The van der Waals surface area contributed by atoms with Gasteiger partial charge in [0.25, 0.3) is 5.91 Å². The second-order valence-electron chi connectivity index (χ2n) is 7.88. The summed E-state index contributed by atoms with van der Waals surface area (Å²) in [6, 6.07) is 1.88. The Labute approximate surface area is 170 Å². The number of aromatic nitrogens is 1. The number of nitrogens with one attached hydrogen (secondary N) is 2. The van der Waals surface area contributed by atoms with Gasteiger partial charge in [-0.1, -0.05) is 11.6 Å². The minimum Gasteiger partial charge on any atom is -0.444 e. The van der Waals surface area contributed by atoms with Crippen molar-refractivity contribution in [2.24, 2.45) is 0 Å². The van der Waals surface area contributed by atoms with Crippen LogP contribution >= 0.6 is 11.6 Å². The third-order valence-corrected chi connectivity index (χ3v) is 4.68. The largest absolute Gasteiger partial charge is 0.444 e. The predicted octanol–water partition coefficient (Wildman–Crippen LogP) is 3.62. The lowest BCUT2D eigenvalue weighted by molar-refractivity contribution is -0.0756. The summed E-state index contributed by atoms with van der Waals surface area (Å²) in [5.41, 5.74) is 0.502. The summed E-state index contributed by atoms with van der Waals surface area (Å²) < 4.78 is 5.31. The number of ether oxygens (including phenoxy) is 1. The highest BCUT2D eigenvalue weighted by Crippen LogP contribution is 2.26. The number of halogens is 1. The molecular weight excluding hydrogens is 384 g/mol. The van der Waals surface area contributed by atoms with E-state index >= 15 is 0 Å². The highest BCUT2D eigenvalue weighted by Gasteiger charge is 2.26. The van der Waals surface area contributed by atoms with Gasteiger partial charge in [-0.25, -0.2) is 14.8 Å². The zero-order chi connectivity index (χ0) is 20.9. The van der Waals surface area contributed by atoms with Gasteiger partial charge in [0.15, 0.2) is 0 Å². The Balaban J connectivity index is 1.95. The van der Waals surface area contributed by atoms with Crippen molar-refractivity contribution < 1.29 is 19.2 Å². The Hall–Kier alpha value is -2.06. The van der Waals surface area contributed by atoms with E-state index in [-0.39, 0.29) is 24.1 Å². The van der Waals surface area contributed by atoms with Gasteiger partial charge in [0.2, 0.25) is 0 Å². The molecule has 0 unspecified atom stereocenters. The molecule has 2 rings (SSSR count). The molecule has 0 atom stereocenters. The minimum absolute atomic E-state index is 0.0784. The maximum absolute atomic E-state index is 12.5. The van der Waals surface area contributed by atoms with Crippen molar-refractivity contribution in [1.29, 1.82) is 0 Å². The van der Waals surface area contributed by atoms with Gasteiger partial charge in [-0.2, -0.15) is 0 Å². The van der Waals surface area contributed by atoms with E-state index in [1.54, 1.807) is 6.07 Å². The average Bonchev–Trinajstić information content (AvgIpc) is 2.60. The molecule has 9 heteroatoms. The van der Waals surface area contributed by atoms with Crippen LogP contribution in [-0.2, 0) is 9.57 Å². The first kappa shape index (κ1) is 22.2. The summed E-state index contributed by atoms with van der Waals surface area (Å²) in [6.45, 7) is 5.52. The number of pyridine rings is 1. The van der Waals surface area contributed by atoms with Crippen molar-refractivity contribution in [1.82, 2.24) is 15.4 Å². The average molecular weight is 413 g/mol. The third kappa shape index (κ3) is 6.53. The van der Waals surface area contributed by atoms with Crippen LogP contribution < -0.4 is 10.6 Å². The van der Waals surface area contributed by atoms with Crippen LogP contribution in [0.25, 0.3) is 0 Å². The van der Waals surface area contributed by atoms with Crippen molar-refractivity contribution in [3.05, 3.63) is 23.0 Å². The molecule has 2 N–H and O–H groups in total. The van der Waals surface area contributed by atoms with Crippen LogP contribution in [0.15, 0.2) is 12.3 Å². The molecule has 0 bridgehead atoms. The van der Waals surface area contributed by atoms with Gasteiger partial charge in [-0.15, -0.1) is 0 Å². The van der Waals surface area contributed by atoms with Gasteiger partial charge in [0.05, 0.1) is 18.4 Å². The molecular formula is C19H29ClN4O4. The van der Waals surface area contributed by atoms with Gasteiger partial charge in [0, 0.05) is 25.3 Å². The van der Waals surface area contributed by atoms with E-state index in [0.29, 0.717) is 16.4 Å². The molecule has 1 saturated carbocycles. The van der Waals surface area contributed by atoms with Gasteiger partial charge < -0.3 is 15.4 Å². The van der Waals surface area contributed by atoms with Crippen molar-refractivity contribution in [2.75, 3.05) is 19.5 Å². The lowest BCUT2D eigenvalue weighted by Crippen LogP contribution is -2.42. The predicted molar refractivity (Wildman–Crippen MR) is 107 cm³/mol. The number of anilines is 1. The molecule has 1 aromatic heterocycles. The van der Waals surface area contributed by atoms with Gasteiger partial charge in [0.1, 0.15) is 10.8 Å². The Bertz CT molecular complexity index is 700. The molecule has 1 aromatic rings. The number of carbonyl (C=O) groups is 2. The summed E-state index contributed by atoms with van der Waals surface area (Å²) in [5.74, 6) is -0.311. The first-order chi connectivity index (χ1) is 13.1. The van der Waals surface area contributed by atoms with Crippen molar-refractivity contribution in [2.45, 2.75) is 64.1 Å². The van der Waals surface area contributed by atoms with Gasteiger partial charge in [-0.05, 0) is 52.5 Å². The van der Waals surface area contributed by atoms with Crippen LogP contribution in [0.4, 0.5) is 10.5 Å². The second kappa shape index (κ2) is 9.43. The number of hydrogen-bond acceptors (Lipinski definition) is 6. The first-order valence-electron chi connectivity index (χ1n) is 9.33. The molecule has 1 heterocycles. The van der Waals surface area contributed by atoms with Crippen LogP contribution in [-0.4, -0.2) is 53.9 Å². The van der Waals surface area contributed by atoms with E-state index in [1.165, 1.54) is 20.4 Å². The van der Waals surface area contributed by atoms with Crippen LogP contribution in [0.2, 0.25) is 5.15 Å². The first-order valence-corrected chi connectivity index (χ1v) is 9.70. The fourth-order valence-corrected chi connectivity index (χ4v) is 3.21. The monoisotopic (exact) mass is 412 g/mol. The molecule has 1 aliphatic rings.